The van der Waals surface area contributed by atoms with Gasteiger partial charge in [-0.2, -0.15) is 0 Å². The third kappa shape index (κ3) is 4.08. The largest absolute Gasteiger partial charge is 0.340 e. The van der Waals surface area contributed by atoms with Gasteiger partial charge < -0.3 is 9.88 Å². The van der Waals surface area contributed by atoms with Crippen LogP contribution in [-0.4, -0.2) is 16.3 Å². The number of Topliss-reactive ketones (excluding diaryl/α,β-unsaturated/α-hetero) is 1. The van der Waals surface area contributed by atoms with E-state index in [0.717, 1.165) is 11.1 Å². The normalized spacial score (nSPS) is 10.6. The quantitative estimate of drug-likeness (QED) is 0.491. The third-order valence-corrected chi connectivity index (χ3v) is 4.56. The van der Waals surface area contributed by atoms with Crippen molar-refractivity contribution in [2.24, 2.45) is 0 Å². The van der Waals surface area contributed by atoms with E-state index in [2.05, 4.69) is 21.2 Å². The number of halogens is 2. The van der Waals surface area contributed by atoms with Crippen LogP contribution in [0.2, 0.25) is 0 Å². The summed E-state index contributed by atoms with van der Waals surface area (Å²) in [7, 11) is 0. The summed E-state index contributed by atoms with van der Waals surface area (Å²) in [5, 5.41) is 2.63. The van der Waals surface area contributed by atoms with Crippen LogP contribution >= 0.6 is 15.9 Å². The zero-order valence-corrected chi connectivity index (χ0v) is 15.6. The topological polar surface area (TPSA) is 51.1 Å². The van der Waals surface area contributed by atoms with Gasteiger partial charge in [-0.05, 0) is 70.4 Å². The first-order valence-corrected chi connectivity index (χ1v) is 8.75. The summed E-state index contributed by atoms with van der Waals surface area (Å²) in [4.78, 5) is 24.9. The number of carbonyl (C=O) groups excluding carboxylic acids is 2. The Balaban J connectivity index is 1.76. The van der Waals surface area contributed by atoms with Crippen molar-refractivity contribution in [1.82, 2.24) is 4.57 Å². The molecule has 0 radical (unpaired) electrons. The Morgan fingerprint density at radius 1 is 1.12 bits per heavy atom. The van der Waals surface area contributed by atoms with E-state index in [9.17, 15) is 14.0 Å². The fourth-order valence-electron chi connectivity index (χ4n) is 2.56. The van der Waals surface area contributed by atoms with Crippen LogP contribution in [0.4, 0.5) is 10.1 Å². The van der Waals surface area contributed by atoms with Crippen LogP contribution in [0, 0.1) is 12.7 Å². The van der Waals surface area contributed by atoms with E-state index in [4.69, 9.17) is 0 Å². The van der Waals surface area contributed by atoms with Gasteiger partial charge in [0.1, 0.15) is 5.82 Å². The fraction of sp³-hybridized carbons (Fsp3) is 0.100. The number of nitrogens with zero attached hydrogens (tertiary/aromatic N) is 1. The number of rotatable bonds is 5. The van der Waals surface area contributed by atoms with Crippen LogP contribution in [0.5, 0.6) is 0 Å². The Morgan fingerprint density at radius 2 is 1.85 bits per heavy atom. The zero-order valence-electron chi connectivity index (χ0n) is 14.0. The maximum absolute atomic E-state index is 13.0. The molecule has 0 aliphatic heterocycles. The average Bonchev–Trinajstić information content (AvgIpc) is 3.06. The summed E-state index contributed by atoms with van der Waals surface area (Å²) in [6.07, 6.45) is 1.71. The smallest absolute Gasteiger partial charge is 0.298 e. The van der Waals surface area contributed by atoms with Crippen molar-refractivity contribution in [3.63, 3.8) is 0 Å². The monoisotopic (exact) mass is 414 g/mol. The van der Waals surface area contributed by atoms with Crippen molar-refractivity contribution in [1.29, 1.82) is 0 Å². The van der Waals surface area contributed by atoms with Gasteiger partial charge in [-0.3, -0.25) is 9.59 Å². The van der Waals surface area contributed by atoms with E-state index >= 15 is 0 Å². The number of hydrogen-bond acceptors (Lipinski definition) is 2. The van der Waals surface area contributed by atoms with Crippen molar-refractivity contribution in [2.75, 3.05) is 5.32 Å². The van der Waals surface area contributed by atoms with E-state index in [0.29, 0.717) is 16.7 Å². The molecular weight excluding hydrogens is 399 g/mol. The molecule has 1 N–H and O–H groups in total. The summed E-state index contributed by atoms with van der Waals surface area (Å²) in [5.41, 5.74) is 2.67. The zero-order chi connectivity index (χ0) is 18.7. The number of nitrogens with one attached hydrogen (secondary N) is 1. The molecule has 0 saturated heterocycles. The van der Waals surface area contributed by atoms with Gasteiger partial charge in [-0.25, -0.2) is 4.39 Å². The van der Waals surface area contributed by atoms with E-state index < -0.39 is 11.7 Å². The van der Waals surface area contributed by atoms with Gasteiger partial charge in [-0.1, -0.05) is 18.2 Å². The molecule has 0 aliphatic carbocycles. The molecule has 1 amide bonds. The predicted octanol–water partition coefficient (Wildman–Crippen LogP) is 4.57. The van der Waals surface area contributed by atoms with Crippen molar-refractivity contribution in [3.05, 3.63) is 87.9 Å². The molecule has 6 heteroatoms. The predicted molar refractivity (Wildman–Crippen MR) is 102 cm³/mol. The van der Waals surface area contributed by atoms with Gasteiger partial charge in [0.2, 0.25) is 0 Å². The molecule has 1 aromatic heterocycles. The maximum Gasteiger partial charge on any atom is 0.298 e. The molecule has 3 aromatic rings. The van der Waals surface area contributed by atoms with Crippen LogP contribution in [0.15, 0.2) is 65.3 Å². The molecule has 132 valence electrons. The Hall–Kier alpha value is -2.73. The Bertz CT molecular complexity index is 964. The second-order valence-electron chi connectivity index (χ2n) is 5.91. The average molecular weight is 415 g/mol. The molecule has 1 heterocycles. The lowest BCUT2D eigenvalue weighted by atomic mass is 10.2. The Labute approximate surface area is 158 Å². The maximum atomic E-state index is 13.0. The molecule has 0 spiro atoms. The number of amides is 1. The fourth-order valence-corrected chi connectivity index (χ4v) is 3.15. The molecule has 26 heavy (non-hydrogen) atoms. The van der Waals surface area contributed by atoms with E-state index in [1.165, 1.54) is 12.1 Å². The molecule has 2 aromatic carbocycles. The summed E-state index contributed by atoms with van der Waals surface area (Å²) < 4.78 is 15.4. The molecule has 0 atom stereocenters. The van der Waals surface area contributed by atoms with Crippen molar-refractivity contribution in [2.45, 2.75) is 13.5 Å². The number of aryl methyl sites for hydroxylation is 1. The number of hydrogen-bond donors (Lipinski definition) is 1. The highest BCUT2D eigenvalue weighted by atomic mass is 79.9. The van der Waals surface area contributed by atoms with Crippen molar-refractivity contribution < 1.29 is 14.0 Å². The van der Waals surface area contributed by atoms with E-state index in [1.807, 2.05) is 19.1 Å². The lowest BCUT2D eigenvalue weighted by Crippen LogP contribution is -2.25. The van der Waals surface area contributed by atoms with Gasteiger partial charge in [0.25, 0.3) is 11.7 Å². The first kappa shape index (κ1) is 18.1. The number of ketones is 1. The minimum absolute atomic E-state index is 0.273. The van der Waals surface area contributed by atoms with E-state index in [-0.39, 0.29) is 11.5 Å². The van der Waals surface area contributed by atoms with Gasteiger partial charge in [0.05, 0.1) is 11.4 Å². The summed E-state index contributed by atoms with van der Waals surface area (Å²) in [6.45, 7) is 2.31. The Kier molecular flexibility index (Phi) is 5.32. The SMILES string of the molecule is Cc1ccc(NC(=O)C(=O)c2cccn2Cc2ccc(F)cc2)c(Br)c1. The molecule has 0 aliphatic rings. The highest BCUT2D eigenvalue weighted by Crippen LogP contribution is 2.23. The van der Waals surface area contributed by atoms with Crippen molar-refractivity contribution in [3.8, 4) is 0 Å². The van der Waals surface area contributed by atoms with Crippen LogP contribution < -0.4 is 5.32 Å². The molecule has 4 nitrogen and oxygen atoms in total. The molecule has 0 fully saturated rings. The summed E-state index contributed by atoms with van der Waals surface area (Å²) in [6, 6.07) is 14.8. The number of carbonyl (C=O) groups is 2. The van der Waals surface area contributed by atoms with Crippen LogP contribution in [0.25, 0.3) is 0 Å². The molecule has 0 unspecified atom stereocenters. The summed E-state index contributed by atoms with van der Waals surface area (Å²) >= 11 is 3.38. The standard InChI is InChI=1S/C20H16BrFN2O2/c1-13-4-9-17(16(21)11-13)23-20(26)19(25)18-3-2-10-24(18)12-14-5-7-15(22)8-6-14/h2-11H,12H2,1H3,(H,23,26). The number of aromatic nitrogens is 1. The van der Waals surface area contributed by atoms with Crippen LogP contribution in [0.1, 0.15) is 21.6 Å². The van der Waals surface area contributed by atoms with Crippen LogP contribution in [0.3, 0.4) is 0 Å². The minimum atomic E-state index is -0.714. The highest BCUT2D eigenvalue weighted by molar-refractivity contribution is 9.10. The van der Waals surface area contributed by atoms with E-state index in [1.54, 1.807) is 41.1 Å². The lowest BCUT2D eigenvalue weighted by Gasteiger charge is -2.10. The highest BCUT2D eigenvalue weighted by Gasteiger charge is 2.20. The van der Waals surface area contributed by atoms with Gasteiger partial charge >= 0.3 is 0 Å². The van der Waals surface area contributed by atoms with Gasteiger partial charge in [0.15, 0.2) is 0 Å². The molecule has 3 rings (SSSR count). The summed E-state index contributed by atoms with van der Waals surface area (Å²) in [5.74, 6) is -1.67. The third-order valence-electron chi connectivity index (χ3n) is 3.91. The lowest BCUT2D eigenvalue weighted by molar-refractivity contribution is -0.112. The second-order valence-corrected chi connectivity index (χ2v) is 6.77. The second kappa shape index (κ2) is 7.66. The molecule has 0 bridgehead atoms. The first-order valence-electron chi connectivity index (χ1n) is 7.95. The number of benzene rings is 2. The van der Waals surface area contributed by atoms with Crippen molar-refractivity contribution >= 4 is 33.3 Å². The first-order chi connectivity index (χ1) is 12.4. The van der Waals surface area contributed by atoms with Gasteiger partial charge in [-0.15, -0.1) is 0 Å². The van der Waals surface area contributed by atoms with Gasteiger partial charge in [0, 0.05) is 17.2 Å². The molecule has 0 saturated carbocycles. The Morgan fingerprint density at radius 3 is 2.54 bits per heavy atom. The number of anilines is 1. The molecular formula is C20H16BrFN2O2. The minimum Gasteiger partial charge on any atom is -0.340 e. The van der Waals surface area contributed by atoms with Crippen LogP contribution in [-0.2, 0) is 11.3 Å².